The first-order valence-electron chi connectivity index (χ1n) is 9.58. The zero-order chi connectivity index (χ0) is 20.6. The van der Waals surface area contributed by atoms with Gasteiger partial charge >= 0.3 is 0 Å². The average molecular weight is 385 g/mol. The number of benzene rings is 2. The first-order chi connectivity index (χ1) is 14.1. The summed E-state index contributed by atoms with van der Waals surface area (Å²) in [6.07, 6.45) is 2.11. The summed E-state index contributed by atoms with van der Waals surface area (Å²) in [5.41, 5.74) is 2.29. The van der Waals surface area contributed by atoms with Gasteiger partial charge in [-0.15, -0.1) is 0 Å². The molecule has 0 aliphatic carbocycles. The summed E-state index contributed by atoms with van der Waals surface area (Å²) in [5, 5.41) is 11.8. The molecule has 1 amide bonds. The van der Waals surface area contributed by atoms with Gasteiger partial charge in [-0.25, -0.2) is 9.97 Å². The molecular weight excluding hydrogens is 362 g/mol. The Hall–Kier alpha value is -3.72. The van der Waals surface area contributed by atoms with E-state index in [-0.39, 0.29) is 5.91 Å². The van der Waals surface area contributed by atoms with E-state index in [4.69, 9.17) is 5.26 Å². The van der Waals surface area contributed by atoms with Crippen molar-refractivity contribution in [1.82, 2.24) is 9.97 Å². The van der Waals surface area contributed by atoms with Crippen LogP contribution in [0.3, 0.4) is 0 Å². The molecule has 0 saturated carbocycles. The van der Waals surface area contributed by atoms with E-state index in [0.717, 1.165) is 24.9 Å². The summed E-state index contributed by atoms with van der Waals surface area (Å²) in [4.78, 5) is 24.1. The second-order valence-corrected chi connectivity index (χ2v) is 6.72. The number of rotatable bonds is 7. The van der Waals surface area contributed by atoms with E-state index in [9.17, 15) is 4.79 Å². The number of carbonyl (C=O) groups is 1. The highest BCUT2D eigenvalue weighted by Gasteiger charge is 2.15. The maximum absolute atomic E-state index is 12.9. The molecule has 0 atom stereocenters. The molecule has 0 aliphatic heterocycles. The molecule has 0 bridgehead atoms. The molecule has 0 radical (unpaired) electrons. The average Bonchev–Trinajstić information content (AvgIpc) is 2.78. The zero-order valence-electron chi connectivity index (χ0n) is 16.6. The van der Waals surface area contributed by atoms with Crippen LogP contribution in [-0.4, -0.2) is 29.5 Å². The normalized spacial score (nSPS) is 10.2. The first-order valence-corrected chi connectivity index (χ1v) is 9.58. The van der Waals surface area contributed by atoms with E-state index in [2.05, 4.69) is 28.3 Å². The third-order valence-electron chi connectivity index (χ3n) is 4.49. The van der Waals surface area contributed by atoms with Gasteiger partial charge < -0.3 is 10.2 Å². The van der Waals surface area contributed by atoms with E-state index in [0.29, 0.717) is 28.6 Å². The van der Waals surface area contributed by atoms with Crippen LogP contribution in [0.1, 0.15) is 35.8 Å². The van der Waals surface area contributed by atoms with Crippen LogP contribution in [0.4, 0.5) is 11.5 Å². The fourth-order valence-corrected chi connectivity index (χ4v) is 2.80. The molecule has 1 aromatic heterocycles. The number of amides is 1. The molecule has 29 heavy (non-hydrogen) atoms. The molecule has 6 heteroatoms. The third-order valence-corrected chi connectivity index (χ3v) is 4.49. The highest BCUT2D eigenvalue weighted by atomic mass is 16.1. The van der Waals surface area contributed by atoms with Crippen molar-refractivity contribution in [3.05, 3.63) is 71.9 Å². The Bertz CT molecular complexity index is 1010. The highest BCUT2D eigenvalue weighted by molar-refractivity contribution is 6.03. The van der Waals surface area contributed by atoms with Crippen LogP contribution in [0.25, 0.3) is 11.4 Å². The highest BCUT2D eigenvalue weighted by Crippen LogP contribution is 2.21. The van der Waals surface area contributed by atoms with Gasteiger partial charge in [0.2, 0.25) is 0 Å². The van der Waals surface area contributed by atoms with Gasteiger partial charge in [-0.1, -0.05) is 43.7 Å². The van der Waals surface area contributed by atoms with E-state index >= 15 is 0 Å². The van der Waals surface area contributed by atoms with Crippen LogP contribution in [-0.2, 0) is 0 Å². The molecule has 146 valence electrons. The van der Waals surface area contributed by atoms with Crippen LogP contribution >= 0.6 is 0 Å². The first kappa shape index (κ1) is 20.0. The molecule has 0 fully saturated rings. The Morgan fingerprint density at radius 2 is 1.83 bits per heavy atom. The lowest BCUT2D eigenvalue weighted by atomic mass is 10.2. The number of hydrogen-bond donors (Lipinski definition) is 1. The summed E-state index contributed by atoms with van der Waals surface area (Å²) < 4.78 is 0. The van der Waals surface area contributed by atoms with E-state index in [1.54, 1.807) is 30.3 Å². The van der Waals surface area contributed by atoms with Crippen molar-refractivity contribution in [3.63, 3.8) is 0 Å². The molecule has 0 spiro atoms. The molecule has 1 heterocycles. The fraction of sp³-hybridized carbons (Fsp3) is 0.217. The van der Waals surface area contributed by atoms with Crippen molar-refractivity contribution in [3.8, 4) is 17.5 Å². The predicted molar refractivity (Wildman–Crippen MR) is 115 cm³/mol. The summed E-state index contributed by atoms with van der Waals surface area (Å²) in [6.45, 7) is 2.98. The van der Waals surface area contributed by atoms with Crippen molar-refractivity contribution < 1.29 is 4.79 Å². The molecule has 0 unspecified atom stereocenters. The topological polar surface area (TPSA) is 81.9 Å². The Morgan fingerprint density at radius 1 is 1.10 bits per heavy atom. The van der Waals surface area contributed by atoms with Gasteiger partial charge in [0.15, 0.2) is 5.82 Å². The van der Waals surface area contributed by atoms with Gasteiger partial charge in [0, 0.05) is 30.9 Å². The van der Waals surface area contributed by atoms with Crippen LogP contribution in [0.5, 0.6) is 0 Å². The number of carbonyl (C=O) groups excluding carboxylic acids is 1. The number of unbranched alkanes of at least 4 members (excludes halogenated alkanes) is 1. The van der Waals surface area contributed by atoms with Gasteiger partial charge in [0.05, 0.1) is 11.6 Å². The van der Waals surface area contributed by atoms with Crippen molar-refractivity contribution in [2.45, 2.75) is 19.8 Å². The lowest BCUT2D eigenvalue weighted by Crippen LogP contribution is -2.22. The quantitative estimate of drug-likeness (QED) is 0.647. The predicted octanol–water partition coefficient (Wildman–Crippen LogP) is 4.50. The summed E-state index contributed by atoms with van der Waals surface area (Å²) in [7, 11) is 1.97. The molecule has 2 aromatic carbocycles. The lowest BCUT2D eigenvalue weighted by molar-refractivity contribution is 0.102. The van der Waals surface area contributed by atoms with Gasteiger partial charge in [-0.3, -0.25) is 4.79 Å². The fourth-order valence-electron chi connectivity index (χ4n) is 2.80. The van der Waals surface area contributed by atoms with E-state index < -0.39 is 0 Å². The Balaban J connectivity index is 1.93. The molecule has 0 aliphatic rings. The summed E-state index contributed by atoms with van der Waals surface area (Å²) in [5.74, 6) is 0.896. The minimum atomic E-state index is -0.320. The van der Waals surface area contributed by atoms with Gasteiger partial charge in [0.25, 0.3) is 5.91 Å². The SMILES string of the molecule is CCCCN(C)c1cc(C(=O)Nc2ccc(C#N)cc2)nc(-c2ccccc2)n1. The van der Waals surface area contributed by atoms with Crippen LogP contribution < -0.4 is 10.2 Å². The number of aromatic nitrogens is 2. The number of nitrogens with one attached hydrogen (secondary N) is 1. The van der Waals surface area contributed by atoms with Crippen molar-refractivity contribution >= 4 is 17.4 Å². The maximum Gasteiger partial charge on any atom is 0.274 e. The Morgan fingerprint density at radius 3 is 2.48 bits per heavy atom. The minimum absolute atomic E-state index is 0.293. The van der Waals surface area contributed by atoms with Gasteiger partial charge in [-0.05, 0) is 30.7 Å². The van der Waals surface area contributed by atoms with Crippen molar-refractivity contribution in [2.75, 3.05) is 23.8 Å². The number of nitriles is 1. The smallest absolute Gasteiger partial charge is 0.274 e. The van der Waals surface area contributed by atoms with E-state index in [1.807, 2.05) is 42.3 Å². The maximum atomic E-state index is 12.9. The van der Waals surface area contributed by atoms with Gasteiger partial charge in [-0.2, -0.15) is 5.26 Å². The van der Waals surface area contributed by atoms with Crippen molar-refractivity contribution in [1.29, 1.82) is 5.26 Å². The van der Waals surface area contributed by atoms with Crippen LogP contribution in [0, 0.1) is 11.3 Å². The number of hydrogen-bond acceptors (Lipinski definition) is 5. The largest absolute Gasteiger partial charge is 0.360 e. The Labute approximate surface area is 170 Å². The number of nitrogens with zero attached hydrogens (tertiary/aromatic N) is 4. The minimum Gasteiger partial charge on any atom is -0.360 e. The second kappa shape index (κ2) is 9.47. The standard InChI is InChI=1S/C23H23N5O/c1-3-4-14-28(2)21-15-20(26-22(27-21)18-8-6-5-7-9-18)23(29)25-19-12-10-17(16-24)11-13-19/h5-13,15H,3-4,14H2,1-2H3,(H,25,29). The number of anilines is 2. The van der Waals surface area contributed by atoms with Crippen molar-refractivity contribution in [2.24, 2.45) is 0 Å². The molecule has 1 N–H and O–H groups in total. The third kappa shape index (κ3) is 5.17. The monoisotopic (exact) mass is 385 g/mol. The molecular formula is C23H23N5O. The van der Waals surface area contributed by atoms with Crippen LogP contribution in [0.2, 0.25) is 0 Å². The van der Waals surface area contributed by atoms with E-state index in [1.165, 1.54) is 0 Å². The molecule has 3 aromatic rings. The molecule has 6 nitrogen and oxygen atoms in total. The second-order valence-electron chi connectivity index (χ2n) is 6.72. The molecule has 0 saturated heterocycles. The van der Waals surface area contributed by atoms with Crippen LogP contribution in [0.15, 0.2) is 60.7 Å². The van der Waals surface area contributed by atoms with Gasteiger partial charge in [0.1, 0.15) is 11.5 Å². The lowest BCUT2D eigenvalue weighted by Gasteiger charge is -2.19. The Kier molecular flexibility index (Phi) is 6.54. The summed E-state index contributed by atoms with van der Waals surface area (Å²) >= 11 is 0. The zero-order valence-corrected chi connectivity index (χ0v) is 16.6. The summed E-state index contributed by atoms with van der Waals surface area (Å²) in [6, 6.07) is 20.1. The molecule has 3 rings (SSSR count).